The Morgan fingerprint density at radius 2 is 2.29 bits per heavy atom. The minimum Gasteiger partial charge on any atom is -0.347 e. The van der Waals surface area contributed by atoms with E-state index in [0.717, 1.165) is 41.2 Å². The first kappa shape index (κ1) is 14.8. The number of H-pyrrole nitrogens is 1. The number of nitrogens with zero attached hydrogens (tertiary/aromatic N) is 4. The van der Waals surface area contributed by atoms with Crippen molar-refractivity contribution in [1.82, 2.24) is 19.9 Å². The lowest BCUT2D eigenvalue weighted by atomic mass is 9.90. The molecule has 2 aliphatic heterocycles. The molecular weight excluding hydrogens is 302 g/mol. The molecule has 0 spiro atoms. The molecule has 1 amide bonds. The number of imidazole rings is 1. The Balaban J connectivity index is 1.54. The summed E-state index contributed by atoms with van der Waals surface area (Å²) in [4.78, 5) is 31.2. The van der Waals surface area contributed by atoms with Gasteiger partial charge in [0.25, 0.3) is 5.91 Å². The molecule has 1 N–H and O–H groups in total. The fourth-order valence-corrected chi connectivity index (χ4v) is 3.41. The topological polar surface area (TPSA) is 74.2 Å². The van der Waals surface area contributed by atoms with E-state index in [9.17, 15) is 4.79 Å². The maximum absolute atomic E-state index is 13.0. The molecule has 0 radical (unpaired) electrons. The summed E-state index contributed by atoms with van der Waals surface area (Å²) in [5.74, 6) is 0.0762. The number of aliphatic imine (C=N–C) groups is 1. The highest BCUT2D eigenvalue weighted by Crippen LogP contribution is 2.29. The predicted molar refractivity (Wildman–Crippen MR) is 90.3 cm³/mol. The molecule has 0 aromatic carbocycles. The second-order valence-corrected chi connectivity index (χ2v) is 6.08. The SMILES string of the molecule is CCC1C(C(=O)N2CCc3nc[nH]c3C2)=CN=C1c1ccccn1. The summed E-state index contributed by atoms with van der Waals surface area (Å²) < 4.78 is 0. The van der Waals surface area contributed by atoms with Gasteiger partial charge >= 0.3 is 0 Å². The Kier molecular flexibility index (Phi) is 3.72. The third kappa shape index (κ3) is 2.44. The lowest BCUT2D eigenvalue weighted by molar-refractivity contribution is -0.128. The van der Waals surface area contributed by atoms with Gasteiger partial charge in [0.2, 0.25) is 0 Å². The monoisotopic (exact) mass is 321 g/mol. The molecule has 0 aliphatic carbocycles. The van der Waals surface area contributed by atoms with Gasteiger partial charge in [-0.15, -0.1) is 0 Å². The van der Waals surface area contributed by atoms with E-state index in [1.807, 2.05) is 23.1 Å². The van der Waals surface area contributed by atoms with E-state index in [-0.39, 0.29) is 11.8 Å². The van der Waals surface area contributed by atoms with Gasteiger partial charge in [-0.1, -0.05) is 13.0 Å². The number of pyridine rings is 1. The van der Waals surface area contributed by atoms with Crippen molar-refractivity contribution < 1.29 is 4.79 Å². The number of hydrogen-bond acceptors (Lipinski definition) is 4. The zero-order valence-corrected chi connectivity index (χ0v) is 13.6. The summed E-state index contributed by atoms with van der Waals surface area (Å²) >= 11 is 0. The number of aromatic amines is 1. The number of rotatable bonds is 3. The Morgan fingerprint density at radius 3 is 3.08 bits per heavy atom. The summed E-state index contributed by atoms with van der Waals surface area (Å²) in [6.07, 6.45) is 6.81. The molecule has 0 bridgehead atoms. The summed E-state index contributed by atoms with van der Waals surface area (Å²) in [6, 6.07) is 5.78. The van der Waals surface area contributed by atoms with Gasteiger partial charge in [-0.05, 0) is 18.6 Å². The normalized spacial score (nSPS) is 19.7. The van der Waals surface area contributed by atoms with E-state index in [1.54, 1.807) is 18.7 Å². The zero-order valence-electron chi connectivity index (χ0n) is 13.6. The average Bonchev–Trinajstić information content (AvgIpc) is 3.27. The van der Waals surface area contributed by atoms with Gasteiger partial charge in [0.05, 0.1) is 35.7 Å². The molecule has 0 saturated heterocycles. The van der Waals surface area contributed by atoms with Crippen LogP contribution in [0, 0.1) is 5.92 Å². The predicted octanol–water partition coefficient (Wildman–Crippen LogP) is 2.10. The first-order chi connectivity index (χ1) is 11.8. The maximum atomic E-state index is 13.0. The van der Waals surface area contributed by atoms with Crippen LogP contribution in [0.15, 0.2) is 47.5 Å². The van der Waals surface area contributed by atoms with Crippen molar-refractivity contribution in [2.45, 2.75) is 26.3 Å². The second-order valence-electron chi connectivity index (χ2n) is 6.08. The Morgan fingerprint density at radius 1 is 1.38 bits per heavy atom. The second kappa shape index (κ2) is 6.03. The summed E-state index contributed by atoms with van der Waals surface area (Å²) in [7, 11) is 0. The molecule has 6 heteroatoms. The van der Waals surface area contributed by atoms with Crippen molar-refractivity contribution in [3.63, 3.8) is 0 Å². The van der Waals surface area contributed by atoms with Gasteiger partial charge < -0.3 is 9.88 Å². The van der Waals surface area contributed by atoms with Crippen molar-refractivity contribution in [2.75, 3.05) is 6.54 Å². The van der Waals surface area contributed by atoms with Crippen LogP contribution in [0.4, 0.5) is 0 Å². The summed E-state index contributed by atoms with van der Waals surface area (Å²) in [6.45, 7) is 3.36. The molecule has 6 nitrogen and oxygen atoms in total. The van der Waals surface area contributed by atoms with E-state index in [1.165, 1.54) is 0 Å². The molecule has 2 aromatic heterocycles. The molecule has 4 heterocycles. The molecule has 0 fully saturated rings. The fraction of sp³-hybridized carbons (Fsp3) is 0.333. The van der Waals surface area contributed by atoms with Crippen LogP contribution in [0.25, 0.3) is 0 Å². The van der Waals surface area contributed by atoms with E-state index in [2.05, 4.69) is 26.9 Å². The van der Waals surface area contributed by atoms with Gasteiger partial charge in [0.15, 0.2) is 0 Å². The standard InChI is InChI=1S/C18H19N5O/c1-2-12-13(9-20-17(12)15-5-3-4-7-19-15)18(24)23-8-6-14-16(10-23)22-11-21-14/h3-5,7,9,11-12H,2,6,8,10H2,1H3,(H,21,22). The highest BCUT2D eigenvalue weighted by atomic mass is 16.2. The minimum absolute atomic E-state index is 0.00978. The number of nitrogens with one attached hydrogen (secondary N) is 1. The third-order valence-electron chi connectivity index (χ3n) is 4.69. The number of carbonyl (C=O) groups is 1. The molecule has 1 unspecified atom stereocenters. The van der Waals surface area contributed by atoms with Gasteiger partial charge in [-0.3, -0.25) is 14.8 Å². The number of amides is 1. The molecular formula is C18H19N5O. The fourth-order valence-electron chi connectivity index (χ4n) is 3.41. The number of fused-ring (bicyclic) bond motifs is 1. The van der Waals surface area contributed by atoms with Crippen LogP contribution < -0.4 is 0 Å². The Bertz CT molecular complexity index is 821. The number of aromatic nitrogens is 3. The molecule has 24 heavy (non-hydrogen) atoms. The largest absolute Gasteiger partial charge is 0.347 e. The first-order valence-corrected chi connectivity index (χ1v) is 8.27. The van der Waals surface area contributed by atoms with Gasteiger partial charge in [0, 0.05) is 36.9 Å². The van der Waals surface area contributed by atoms with Crippen molar-refractivity contribution in [3.05, 3.63) is 59.6 Å². The molecule has 2 aliphatic rings. The van der Waals surface area contributed by atoms with Crippen molar-refractivity contribution in [2.24, 2.45) is 10.9 Å². The smallest absolute Gasteiger partial charge is 0.252 e. The molecule has 0 saturated carbocycles. The lowest BCUT2D eigenvalue weighted by Crippen LogP contribution is -2.38. The van der Waals surface area contributed by atoms with Crippen molar-refractivity contribution >= 4 is 11.6 Å². The molecule has 2 aromatic rings. The zero-order chi connectivity index (χ0) is 16.5. The lowest BCUT2D eigenvalue weighted by Gasteiger charge is -2.28. The van der Waals surface area contributed by atoms with Crippen LogP contribution in [0.3, 0.4) is 0 Å². The Labute approximate surface area is 140 Å². The minimum atomic E-state index is 0.00978. The van der Waals surface area contributed by atoms with Gasteiger partial charge in [0.1, 0.15) is 0 Å². The first-order valence-electron chi connectivity index (χ1n) is 8.27. The quantitative estimate of drug-likeness (QED) is 0.941. The van der Waals surface area contributed by atoms with Crippen LogP contribution in [0.2, 0.25) is 0 Å². The van der Waals surface area contributed by atoms with Crippen molar-refractivity contribution in [1.29, 1.82) is 0 Å². The molecule has 1 atom stereocenters. The van der Waals surface area contributed by atoms with Crippen LogP contribution in [-0.2, 0) is 17.8 Å². The number of carbonyl (C=O) groups excluding carboxylic acids is 1. The van der Waals surface area contributed by atoms with Crippen LogP contribution >= 0.6 is 0 Å². The maximum Gasteiger partial charge on any atom is 0.252 e. The van der Waals surface area contributed by atoms with Crippen molar-refractivity contribution in [3.8, 4) is 0 Å². The van der Waals surface area contributed by atoms with E-state index >= 15 is 0 Å². The van der Waals surface area contributed by atoms with Gasteiger partial charge in [-0.2, -0.15) is 0 Å². The van der Waals surface area contributed by atoms with E-state index in [0.29, 0.717) is 13.1 Å². The van der Waals surface area contributed by atoms with Crippen LogP contribution in [0.5, 0.6) is 0 Å². The molecule has 4 rings (SSSR count). The average molecular weight is 321 g/mol. The third-order valence-corrected chi connectivity index (χ3v) is 4.69. The van der Waals surface area contributed by atoms with E-state index < -0.39 is 0 Å². The van der Waals surface area contributed by atoms with Gasteiger partial charge in [-0.25, -0.2) is 4.98 Å². The van der Waals surface area contributed by atoms with Crippen LogP contribution in [-0.4, -0.2) is 38.0 Å². The Hall–Kier alpha value is -2.76. The highest BCUT2D eigenvalue weighted by molar-refractivity contribution is 6.11. The summed E-state index contributed by atoms with van der Waals surface area (Å²) in [5.41, 5.74) is 4.60. The highest BCUT2D eigenvalue weighted by Gasteiger charge is 2.33. The number of hydrogen-bond donors (Lipinski definition) is 1. The van der Waals surface area contributed by atoms with E-state index in [4.69, 9.17) is 0 Å². The molecule has 122 valence electrons. The summed E-state index contributed by atoms with van der Waals surface area (Å²) in [5, 5.41) is 0. The van der Waals surface area contributed by atoms with Crippen LogP contribution in [0.1, 0.15) is 30.4 Å².